The number of carbonyl (C=O) groups excluding carboxylic acids is 1. The molecule has 0 spiro atoms. The number of rotatable bonds is 8. The van der Waals surface area contributed by atoms with E-state index < -0.39 is 6.10 Å². The number of nitrogens with one attached hydrogen (secondary N) is 1. The van der Waals surface area contributed by atoms with Crippen LogP contribution in [0.25, 0.3) is 0 Å². The van der Waals surface area contributed by atoms with Gasteiger partial charge in [-0.1, -0.05) is 43.3 Å². The molecule has 1 N–H and O–H groups in total. The van der Waals surface area contributed by atoms with Crippen LogP contribution in [0, 0.1) is 0 Å². The molecule has 3 heteroatoms. The molecule has 1 aliphatic rings. The molecule has 0 aromatic heterocycles. The Kier molecular flexibility index (Phi) is 6.70. The van der Waals surface area contributed by atoms with Crippen LogP contribution in [0.4, 0.5) is 0 Å². The van der Waals surface area contributed by atoms with Gasteiger partial charge < -0.3 is 10.1 Å². The molecule has 0 bridgehead atoms. The van der Waals surface area contributed by atoms with E-state index in [4.69, 9.17) is 4.74 Å². The maximum atomic E-state index is 12.4. The van der Waals surface area contributed by atoms with Crippen LogP contribution in [0.15, 0.2) is 48.5 Å². The fourth-order valence-electron chi connectivity index (χ4n) is 3.53. The van der Waals surface area contributed by atoms with Gasteiger partial charge in [-0.05, 0) is 73.8 Å². The number of aryl methyl sites for hydroxylation is 3. The first-order valence-electron chi connectivity index (χ1n) is 9.86. The molecule has 2 aromatic rings. The van der Waals surface area contributed by atoms with Gasteiger partial charge in [0.05, 0.1) is 0 Å². The van der Waals surface area contributed by atoms with Crippen molar-refractivity contribution in [1.82, 2.24) is 5.32 Å². The van der Waals surface area contributed by atoms with Crippen molar-refractivity contribution >= 4 is 5.91 Å². The summed E-state index contributed by atoms with van der Waals surface area (Å²) < 4.78 is 5.99. The second-order valence-electron chi connectivity index (χ2n) is 7.03. The second kappa shape index (κ2) is 9.42. The monoisotopic (exact) mass is 351 g/mol. The average molecular weight is 351 g/mol. The highest BCUT2D eigenvalue weighted by atomic mass is 16.5. The van der Waals surface area contributed by atoms with E-state index >= 15 is 0 Å². The first-order valence-corrected chi connectivity index (χ1v) is 9.86. The summed E-state index contributed by atoms with van der Waals surface area (Å²) in [5, 5.41) is 3.02. The van der Waals surface area contributed by atoms with Gasteiger partial charge in [-0.2, -0.15) is 0 Å². The van der Waals surface area contributed by atoms with Gasteiger partial charge in [0.1, 0.15) is 5.75 Å². The summed E-state index contributed by atoms with van der Waals surface area (Å²) >= 11 is 0. The van der Waals surface area contributed by atoms with Crippen LogP contribution in [-0.4, -0.2) is 18.6 Å². The summed E-state index contributed by atoms with van der Waals surface area (Å²) in [6.07, 6.45) is 6.96. The average Bonchev–Trinajstić information content (AvgIpc) is 2.70. The fourth-order valence-corrected chi connectivity index (χ4v) is 3.53. The van der Waals surface area contributed by atoms with E-state index in [-0.39, 0.29) is 5.91 Å². The third-order valence-corrected chi connectivity index (χ3v) is 5.05. The van der Waals surface area contributed by atoms with Crippen LogP contribution >= 0.6 is 0 Å². The molecule has 1 unspecified atom stereocenters. The molecule has 3 nitrogen and oxygen atoms in total. The van der Waals surface area contributed by atoms with Gasteiger partial charge in [-0.15, -0.1) is 0 Å². The number of fused-ring (bicyclic) bond motifs is 1. The molecular weight excluding hydrogens is 322 g/mol. The minimum atomic E-state index is -0.423. The smallest absolute Gasteiger partial charge is 0.261 e. The molecule has 3 rings (SSSR count). The third-order valence-electron chi connectivity index (χ3n) is 5.05. The third kappa shape index (κ3) is 5.10. The van der Waals surface area contributed by atoms with E-state index in [9.17, 15) is 4.79 Å². The highest BCUT2D eigenvalue weighted by Gasteiger charge is 2.19. The molecule has 1 amide bonds. The van der Waals surface area contributed by atoms with Crippen molar-refractivity contribution in [2.24, 2.45) is 0 Å². The predicted octanol–water partition coefficient (Wildman–Crippen LogP) is 4.47. The first-order chi connectivity index (χ1) is 12.8. The van der Waals surface area contributed by atoms with Gasteiger partial charge in [0.2, 0.25) is 0 Å². The van der Waals surface area contributed by atoms with Crippen molar-refractivity contribution in [3.8, 4) is 5.75 Å². The highest BCUT2D eigenvalue weighted by molar-refractivity contribution is 5.81. The quantitative estimate of drug-likeness (QED) is 0.713. The van der Waals surface area contributed by atoms with E-state index in [2.05, 4.69) is 29.6 Å². The topological polar surface area (TPSA) is 38.3 Å². The number of ether oxygens (including phenoxy) is 1. The van der Waals surface area contributed by atoms with Gasteiger partial charge in [-0.3, -0.25) is 4.79 Å². The summed E-state index contributed by atoms with van der Waals surface area (Å²) in [6, 6.07) is 16.7. The van der Waals surface area contributed by atoms with Gasteiger partial charge >= 0.3 is 0 Å². The van der Waals surface area contributed by atoms with Crippen LogP contribution in [0.5, 0.6) is 5.75 Å². The number of hydrogen-bond acceptors (Lipinski definition) is 2. The van der Waals surface area contributed by atoms with Crippen LogP contribution in [0.1, 0.15) is 49.3 Å². The van der Waals surface area contributed by atoms with E-state index in [0.717, 1.165) is 31.4 Å². The Balaban J connectivity index is 1.47. The minimum Gasteiger partial charge on any atom is -0.481 e. The van der Waals surface area contributed by atoms with Crippen molar-refractivity contribution in [3.05, 3.63) is 65.2 Å². The molecule has 0 fully saturated rings. The summed E-state index contributed by atoms with van der Waals surface area (Å²) in [5.74, 6) is 0.801. The fraction of sp³-hybridized carbons (Fsp3) is 0.435. The van der Waals surface area contributed by atoms with Crippen molar-refractivity contribution in [2.45, 2.75) is 58.0 Å². The molecule has 0 heterocycles. The van der Waals surface area contributed by atoms with Crippen LogP contribution < -0.4 is 10.1 Å². The van der Waals surface area contributed by atoms with E-state index in [1.54, 1.807) is 0 Å². The Bertz CT molecular complexity index is 711. The Labute approximate surface area is 156 Å². The zero-order valence-electron chi connectivity index (χ0n) is 15.7. The highest BCUT2D eigenvalue weighted by Crippen LogP contribution is 2.26. The molecular formula is C23H29NO2. The molecule has 1 aliphatic carbocycles. The number of carbonyl (C=O) groups is 1. The molecule has 26 heavy (non-hydrogen) atoms. The molecule has 0 saturated heterocycles. The standard InChI is InChI=1S/C23H29NO2/c1-2-22(23(25)24-16-8-11-18-9-4-3-5-10-18)26-21-15-14-19-12-6-7-13-20(19)17-21/h3-5,9-10,14-15,17,22H,2,6-8,11-13,16H2,1H3,(H,24,25). The van der Waals surface area contributed by atoms with Gasteiger partial charge in [0, 0.05) is 6.54 Å². The summed E-state index contributed by atoms with van der Waals surface area (Å²) in [7, 11) is 0. The van der Waals surface area contributed by atoms with Crippen molar-refractivity contribution in [3.63, 3.8) is 0 Å². The maximum absolute atomic E-state index is 12.4. The maximum Gasteiger partial charge on any atom is 0.261 e. The number of hydrogen-bond donors (Lipinski definition) is 1. The molecule has 0 aliphatic heterocycles. The van der Waals surface area contributed by atoms with Gasteiger partial charge in [0.25, 0.3) is 5.91 Å². The molecule has 0 saturated carbocycles. The van der Waals surface area contributed by atoms with Crippen LogP contribution in [0.2, 0.25) is 0 Å². The lowest BCUT2D eigenvalue weighted by Gasteiger charge is -2.20. The lowest BCUT2D eigenvalue weighted by molar-refractivity contribution is -0.128. The van der Waals surface area contributed by atoms with Crippen LogP contribution in [0.3, 0.4) is 0 Å². The summed E-state index contributed by atoms with van der Waals surface area (Å²) in [5.41, 5.74) is 4.12. The predicted molar refractivity (Wildman–Crippen MR) is 106 cm³/mol. The van der Waals surface area contributed by atoms with E-state index in [1.165, 1.54) is 29.5 Å². The Morgan fingerprint density at radius 2 is 1.85 bits per heavy atom. The van der Waals surface area contributed by atoms with E-state index in [0.29, 0.717) is 13.0 Å². The van der Waals surface area contributed by atoms with E-state index in [1.807, 2.05) is 31.2 Å². The largest absolute Gasteiger partial charge is 0.481 e. The lowest BCUT2D eigenvalue weighted by Crippen LogP contribution is -2.38. The number of benzene rings is 2. The summed E-state index contributed by atoms with van der Waals surface area (Å²) in [4.78, 5) is 12.4. The number of amides is 1. The zero-order chi connectivity index (χ0) is 18.2. The Hall–Kier alpha value is -2.29. The Morgan fingerprint density at radius 3 is 2.62 bits per heavy atom. The molecule has 0 radical (unpaired) electrons. The molecule has 2 aromatic carbocycles. The lowest BCUT2D eigenvalue weighted by atomic mass is 9.92. The van der Waals surface area contributed by atoms with Crippen molar-refractivity contribution < 1.29 is 9.53 Å². The molecule has 138 valence electrons. The summed E-state index contributed by atoms with van der Waals surface area (Å²) in [6.45, 7) is 2.67. The van der Waals surface area contributed by atoms with Gasteiger partial charge in [-0.25, -0.2) is 0 Å². The normalized spacial score (nSPS) is 14.3. The van der Waals surface area contributed by atoms with Gasteiger partial charge in [0.15, 0.2) is 6.10 Å². The molecule has 1 atom stereocenters. The minimum absolute atomic E-state index is 0.0155. The van der Waals surface area contributed by atoms with Crippen LogP contribution in [-0.2, 0) is 24.1 Å². The van der Waals surface area contributed by atoms with Crippen molar-refractivity contribution in [2.75, 3.05) is 6.54 Å². The second-order valence-corrected chi connectivity index (χ2v) is 7.03. The Morgan fingerprint density at radius 1 is 1.08 bits per heavy atom. The van der Waals surface area contributed by atoms with Crippen molar-refractivity contribution in [1.29, 1.82) is 0 Å². The SMILES string of the molecule is CCC(Oc1ccc2c(c1)CCCC2)C(=O)NCCCc1ccccc1. The zero-order valence-corrected chi connectivity index (χ0v) is 15.7. The first kappa shape index (κ1) is 18.5.